The quantitative estimate of drug-likeness (QED) is 0.583. The van der Waals surface area contributed by atoms with Crippen molar-refractivity contribution in [2.24, 2.45) is 0 Å². The molecule has 2 amide bonds. The fraction of sp³-hybridized carbons (Fsp3) is 0.300. The van der Waals surface area contributed by atoms with Crippen LogP contribution >= 0.6 is 0 Å². The molecule has 146 valence electrons. The summed E-state index contributed by atoms with van der Waals surface area (Å²) in [6.07, 6.45) is 8.01. The second-order valence-corrected chi connectivity index (χ2v) is 6.50. The molecular formula is C20H24N6O2. The van der Waals surface area contributed by atoms with Gasteiger partial charge in [-0.05, 0) is 25.5 Å². The highest BCUT2D eigenvalue weighted by Gasteiger charge is 2.13. The van der Waals surface area contributed by atoms with Crippen molar-refractivity contribution in [1.82, 2.24) is 30.0 Å². The second kappa shape index (κ2) is 8.98. The van der Waals surface area contributed by atoms with Gasteiger partial charge in [-0.25, -0.2) is 9.67 Å². The van der Waals surface area contributed by atoms with Crippen LogP contribution in [0.1, 0.15) is 35.1 Å². The SMILES string of the molecule is CC(=O)NCc1cnn(-c2ccccc2C(=O)NCCCn2ccnc2C)c1. The van der Waals surface area contributed by atoms with Crippen LogP contribution in [0.2, 0.25) is 0 Å². The number of nitrogens with zero attached hydrogens (tertiary/aromatic N) is 4. The summed E-state index contributed by atoms with van der Waals surface area (Å²) in [5.74, 6) is 0.723. The second-order valence-electron chi connectivity index (χ2n) is 6.50. The maximum absolute atomic E-state index is 12.7. The molecule has 0 radical (unpaired) electrons. The lowest BCUT2D eigenvalue weighted by molar-refractivity contribution is -0.119. The minimum absolute atomic E-state index is 0.0987. The van der Waals surface area contributed by atoms with Gasteiger partial charge >= 0.3 is 0 Å². The molecule has 3 rings (SSSR count). The van der Waals surface area contributed by atoms with E-state index >= 15 is 0 Å². The Labute approximate surface area is 163 Å². The van der Waals surface area contributed by atoms with Gasteiger partial charge in [0.15, 0.2) is 0 Å². The van der Waals surface area contributed by atoms with Crippen LogP contribution in [0.5, 0.6) is 0 Å². The maximum atomic E-state index is 12.7. The molecule has 0 saturated carbocycles. The van der Waals surface area contributed by atoms with E-state index in [2.05, 4.69) is 25.3 Å². The average Bonchev–Trinajstić information content (AvgIpc) is 3.32. The Morgan fingerprint density at radius 1 is 1.18 bits per heavy atom. The molecule has 2 N–H and O–H groups in total. The molecule has 0 spiro atoms. The third kappa shape index (κ3) is 4.85. The molecule has 2 heterocycles. The van der Waals surface area contributed by atoms with Crippen molar-refractivity contribution < 1.29 is 9.59 Å². The number of aryl methyl sites for hydroxylation is 2. The fourth-order valence-electron chi connectivity index (χ4n) is 2.86. The highest BCUT2D eigenvalue weighted by Crippen LogP contribution is 2.14. The Balaban J connectivity index is 1.62. The van der Waals surface area contributed by atoms with E-state index in [0.29, 0.717) is 24.3 Å². The van der Waals surface area contributed by atoms with E-state index in [1.807, 2.05) is 37.5 Å². The molecule has 0 atom stereocenters. The van der Waals surface area contributed by atoms with Crippen molar-refractivity contribution in [3.63, 3.8) is 0 Å². The summed E-state index contributed by atoms with van der Waals surface area (Å²) in [5, 5.41) is 10.0. The van der Waals surface area contributed by atoms with Crippen LogP contribution in [0.4, 0.5) is 0 Å². The molecule has 0 fully saturated rings. The number of hydrogen-bond donors (Lipinski definition) is 2. The number of rotatable bonds is 8. The Bertz CT molecular complexity index is 959. The zero-order chi connectivity index (χ0) is 19.9. The van der Waals surface area contributed by atoms with Crippen LogP contribution < -0.4 is 10.6 Å². The van der Waals surface area contributed by atoms with Gasteiger partial charge in [-0.3, -0.25) is 9.59 Å². The van der Waals surface area contributed by atoms with Crippen LogP contribution in [0.3, 0.4) is 0 Å². The predicted molar refractivity (Wildman–Crippen MR) is 105 cm³/mol. The van der Waals surface area contributed by atoms with Crippen LogP contribution in [0.25, 0.3) is 5.69 Å². The van der Waals surface area contributed by atoms with Crippen molar-refractivity contribution >= 4 is 11.8 Å². The Kier molecular flexibility index (Phi) is 6.21. The highest BCUT2D eigenvalue weighted by molar-refractivity contribution is 5.97. The molecular weight excluding hydrogens is 356 g/mol. The zero-order valence-electron chi connectivity index (χ0n) is 16.1. The number of amides is 2. The van der Waals surface area contributed by atoms with Gasteiger partial charge in [0.05, 0.1) is 17.4 Å². The summed E-state index contributed by atoms with van der Waals surface area (Å²) in [5.41, 5.74) is 2.11. The summed E-state index contributed by atoms with van der Waals surface area (Å²) in [6, 6.07) is 7.32. The van der Waals surface area contributed by atoms with Crippen LogP contribution in [0.15, 0.2) is 49.1 Å². The number of carbonyl (C=O) groups excluding carboxylic acids is 2. The van der Waals surface area contributed by atoms with E-state index < -0.39 is 0 Å². The number of para-hydroxylation sites is 1. The normalized spacial score (nSPS) is 10.6. The zero-order valence-corrected chi connectivity index (χ0v) is 16.1. The summed E-state index contributed by atoms with van der Waals surface area (Å²) in [6.45, 7) is 5.20. The molecule has 1 aromatic carbocycles. The highest BCUT2D eigenvalue weighted by atomic mass is 16.2. The fourth-order valence-corrected chi connectivity index (χ4v) is 2.86. The van der Waals surface area contributed by atoms with Crippen LogP contribution in [-0.2, 0) is 17.9 Å². The van der Waals surface area contributed by atoms with Crippen molar-refractivity contribution in [1.29, 1.82) is 0 Å². The van der Waals surface area contributed by atoms with E-state index in [0.717, 1.165) is 24.4 Å². The van der Waals surface area contributed by atoms with Crippen molar-refractivity contribution in [2.45, 2.75) is 33.4 Å². The first-order chi connectivity index (χ1) is 13.5. The standard InChI is InChI=1S/C20H24N6O2/c1-15-21-9-11-25(15)10-5-8-22-20(28)18-6-3-4-7-19(18)26-14-17(13-24-26)12-23-16(2)27/h3-4,6-7,9,11,13-14H,5,8,10,12H2,1-2H3,(H,22,28)(H,23,27). The van der Waals surface area contributed by atoms with E-state index in [1.54, 1.807) is 23.1 Å². The van der Waals surface area contributed by atoms with Crippen molar-refractivity contribution in [3.05, 3.63) is 66.0 Å². The molecule has 8 nitrogen and oxygen atoms in total. The maximum Gasteiger partial charge on any atom is 0.253 e. The summed E-state index contributed by atoms with van der Waals surface area (Å²) < 4.78 is 3.71. The monoisotopic (exact) mass is 380 g/mol. The molecule has 28 heavy (non-hydrogen) atoms. The summed E-state index contributed by atoms with van der Waals surface area (Å²) >= 11 is 0. The molecule has 8 heteroatoms. The number of hydrogen-bond acceptors (Lipinski definition) is 4. The lowest BCUT2D eigenvalue weighted by Crippen LogP contribution is -2.26. The van der Waals surface area contributed by atoms with Gasteiger partial charge in [-0.15, -0.1) is 0 Å². The van der Waals surface area contributed by atoms with Gasteiger partial charge in [0, 0.05) is 50.7 Å². The Hall–Kier alpha value is -3.42. The summed E-state index contributed by atoms with van der Waals surface area (Å²) in [7, 11) is 0. The molecule has 3 aromatic rings. The first-order valence-corrected chi connectivity index (χ1v) is 9.18. The lowest BCUT2D eigenvalue weighted by atomic mass is 10.1. The Morgan fingerprint density at radius 3 is 2.75 bits per heavy atom. The van der Waals surface area contributed by atoms with Gasteiger partial charge < -0.3 is 15.2 Å². The molecule has 0 unspecified atom stereocenters. The van der Waals surface area contributed by atoms with Crippen molar-refractivity contribution in [3.8, 4) is 5.69 Å². The minimum atomic E-state index is -0.142. The van der Waals surface area contributed by atoms with Crippen molar-refractivity contribution in [2.75, 3.05) is 6.54 Å². The van der Waals surface area contributed by atoms with Gasteiger partial charge in [0.1, 0.15) is 5.82 Å². The number of carbonyl (C=O) groups is 2. The lowest BCUT2D eigenvalue weighted by Gasteiger charge is -2.11. The predicted octanol–water partition coefficient (Wildman–Crippen LogP) is 1.83. The van der Waals surface area contributed by atoms with Gasteiger partial charge in [-0.1, -0.05) is 12.1 Å². The van der Waals surface area contributed by atoms with E-state index in [4.69, 9.17) is 0 Å². The molecule has 0 saturated heterocycles. The van der Waals surface area contributed by atoms with E-state index in [-0.39, 0.29) is 11.8 Å². The molecule has 0 aliphatic rings. The molecule has 0 aliphatic carbocycles. The van der Waals surface area contributed by atoms with Crippen LogP contribution in [-0.4, -0.2) is 37.7 Å². The number of aromatic nitrogens is 4. The first-order valence-electron chi connectivity index (χ1n) is 9.18. The molecule has 0 aliphatic heterocycles. The number of nitrogens with one attached hydrogen (secondary N) is 2. The summed E-state index contributed by atoms with van der Waals surface area (Å²) in [4.78, 5) is 27.9. The molecule has 0 bridgehead atoms. The minimum Gasteiger partial charge on any atom is -0.352 e. The van der Waals surface area contributed by atoms with Gasteiger partial charge in [-0.2, -0.15) is 5.10 Å². The van der Waals surface area contributed by atoms with Crippen LogP contribution in [0, 0.1) is 6.92 Å². The average molecular weight is 380 g/mol. The Morgan fingerprint density at radius 2 is 2.00 bits per heavy atom. The van der Waals surface area contributed by atoms with E-state index in [1.165, 1.54) is 6.92 Å². The van der Waals surface area contributed by atoms with Gasteiger partial charge in [0.25, 0.3) is 5.91 Å². The third-order valence-corrected chi connectivity index (χ3v) is 4.36. The number of imidazole rings is 1. The smallest absolute Gasteiger partial charge is 0.253 e. The van der Waals surface area contributed by atoms with E-state index in [9.17, 15) is 9.59 Å². The molecule has 2 aromatic heterocycles. The third-order valence-electron chi connectivity index (χ3n) is 4.36. The van der Waals surface area contributed by atoms with Gasteiger partial charge in [0.2, 0.25) is 5.91 Å². The number of benzene rings is 1. The largest absolute Gasteiger partial charge is 0.352 e. The first kappa shape index (κ1) is 19.3. The topological polar surface area (TPSA) is 93.8 Å².